The first-order valence-corrected chi connectivity index (χ1v) is 7.47. The highest BCUT2D eigenvalue weighted by atomic mass is 32.1. The van der Waals surface area contributed by atoms with Crippen molar-refractivity contribution in [1.82, 2.24) is 15.6 Å². The molecule has 2 heterocycles. The monoisotopic (exact) mass is 343 g/mol. The summed E-state index contributed by atoms with van der Waals surface area (Å²) in [5.74, 6) is -0.757. The largest absolute Gasteiger partial charge is 0.329 e. The van der Waals surface area contributed by atoms with Crippen LogP contribution in [-0.2, 0) is 0 Å². The van der Waals surface area contributed by atoms with E-state index in [1.54, 1.807) is 0 Å². The van der Waals surface area contributed by atoms with Crippen LogP contribution in [0.25, 0.3) is 11.4 Å². The number of amides is 1. The molecule has 0 aliphatic carbocycles. The minimum atomic E-state index is -0.650. The van der Waals surface area contributed by atoms with Crippen molar-refractivity contribution in [2.45, 2.75) is 0 Å². The molecule has 2 aromatic heterocycles. The second-order valence-electron chi connectivity index (χ2n) is 4.44. The smallest absolute Gasteiger partial charge is 0.328 e. The molecule has 0 fully saturated rings. The molecule has 0 unspecified atom stereocenters. The summed E-state index contributed by atoms with van der Waals surface area (Å²) in [4.78, 5) is 26.8. The van der Waals surface area contributed by atoms with Gasteiger partial charge >= 0.3 is 11.8 Å². The molecule has 0 atom stereocenters. The maximum absolute atomic E-state index is 11.9. The van der Waals surface area contributed by atoms with Crippen LogP contribution in [0.4, 0.5) is 5.69 Å². The fourth-order valence-corrected chi connectivity index (χ4v) is 2.32. The van der Waals surface area contributed by atoms with E-state index in [9.17, 15) is 14.9 Å². The number of nitrogens with zero attached hydrogens (tertiary/aromatic N) is 4. The first-order valence-electron chi connectivity index (χ1n) is 6.59. The number of carbonyl (C=O) groups excluding carboxylic acids is 1. The molecule has 3 aromatic rings. The molecule has 0 saturated heterocycles. The molecule has 120 valence electrons. The number of aromatic nitrogens is 2. The second-order valence-corrected chi connectivity index (χ2v) is 5.42. The third-order valence-corrected chi connectivity index (χ3v) is 3.66. The number of nitrogens with one attached hydrogen (secondary N) is 1. The lowest BCUT2D eigenvalue weighted by Gasteiger charge is -1.94. The van der Waals surface area contributed by atoms with Crippen molar-refractivity contribution < 1.29 is 14.2 Å². The summed E-state index contributed by atoms with van der Waals surface area (Å²) in [7, 11) is 0. The van der Waals surface area contributed by atoms with E-state index in [1.165, 1.54) is 41.8 Å². The van der Waals surface area contributed by atoms with Crippen molar-refractivity contribution in [3.05, 3.63) is 62.7 Å². The zero-order chi connectivity index (χ0) is 16.9. The van der Waals surface area contributed by atoms with Crippen molar-refractivity contribution in [2.24, 2.45) is 5.10 Å². The number of hydrazone groups is 1. The number of nitro groups is 1. The number of nitro benzene ring substituents is 1. The maximum atomic E-state index is 11.9. The van der Waals surface area contributed by atoms with Crippen LogP contribution in [0.3, 0.4) is 0 Å². The Hall–Kier alpha value is -3.40. The van der Waals surface area contributed by atoms with E-state index in [-0.39, 0.29) is 17.4 Å². The summed E-state index contributed by atoms with van der Waals surface area (Å²) in [6.07, 6.45) is 1.50. The van der Waals surface area contributed by atoms with Gasteiger partial charge in [0.15, 0.2) is 0 Å². The van der Waals surface area contributed by atoms with Gasteiger partial charge in [-0.2, -0.15) is 10.1 Å². The average Bonchev–Trinajstić information content (AvgIpc) is 3.26. The molecule has 0 radical (unpaired) electrons. The molecule has 1 aromatic carbocycles. The lowest BCUT2D eigenvalue weighted by atomic mass is 10.2. The number of hydrogen-bond acceptors (Lipinski definition) is 8. The van der Waals surface area contributed by atoms with E-state index in [0.29, 0.717) is 5.56 Å². The number of carbonyl (C=O) groups is 1. The molecule has 1 amide bonds. The van der Waals surface area contributed by atoms with E-state index in [1.807, 2.05) is 17.5 Å². The van der Waals surface area contributed by atoms with Gasteiger partial charge in [0.05, 0.1) is 11.1 Å². The van der Waals surface area contributed by atoms with Crippen LogP contribution >= 0.6 is 11.3 Å². The topological polar surface area (TPSA) is 124 Å². The van der Waals surface area contributed by atoms with Gasteiger partial charge in [-0.15, -0.1) is 11.3 Å². The van der Waals surface area contributed by atoms with Crippen LogP contribution in [0.2, 0.25) is 0 Å². The molecule has 0 bridgehead atoms. The zero-order valence-corrected chi connectivity index (χ0v) is 12.8. The van der Waals surface area contributed by atoms with E-state index in [0.717, 1.165) is 4.88 Å². The molecular weight excluding hydrogens is 334 g/mol. The number of thiophene rings is 1. The van der Waals surface area contributed by atoms with Crippen molar-refractivity contribution in [1.29, 1.82) is 0 Å². The maximum Gasteiger partial charge on any atom is 0.329 e. The predicted octanol–water partition coefficient (Wildman–Crippen LogP) is 2.47. The summed E-state index contributed by atoms with van der Waals surface area (Å²) in [6.45, 7) is 0. The molecule has 24 heavy (non-hydrogen) atoms. The molecule has 1 N–H and O–H groups in total. The Labute approximate surface area is 138 Å². The van der Waals surface area contributed by atoms with Crippen LogP contribution in [0.5, 0.6) is 0 Å². The average molecular weight is 343 g/mol. The van der Waals surface area contributed by atoms with Crippen LogP contribution in [0.1, 0.15) is 15.6 Å². The Morgan fingerprint density at radius 2 is 2.12 bits per heavy atom. The minimum absolute atomic E-state index is 0.0527. The Bertz CT molecular complexity index is 886. The van der Waals surface area contributed by atoms with E-state index in [2.05, 4.69) is 20.7 Å². The summed E-state index contributed by atoms with van der Waals surface area (Å²) >= 11 is 1.47. The van der Waals surface area contributed by atoms with Gasteiger partial charge in [-0.25, -0.2) is 5.43 Å². The molecule has 9 nitrogen and oxygen atoms in total. The van der Waals surface area contributed by atoms with Crippen molar-refractivity contribution in [3.8, 4) is 11.4 Å². The summed E-state index contributed by atoms with van der Waals surface area (Å²) in [5, 5.41) is 20.0. The van der Waals surface area contributed by atoms with Crippen LogP contribution in [0.15, 0.2) is 51.4 Å². The SMILES string of the molecule is O=C(N/N=C/c1cccs1)c1nc(-c2ccc([N+](=O)[O-])cc2)no1. The van der Waals surface area contributed by atoms with Gasteiger partial charge in [0.2, 0.25) is 5.82 Å². The van der Waals surface area contributed by atoms with Crippen molar-refractivity contribution >= 4 is 29.1 Å². The Kier molecular flexibility index (Phi) is 4.38. The first-order chi connectivity index (χ1) is 11.6. The third-order valence-electron chi connectivity index (χ3n) is 2.86. The van der Waals surface area contributed by atoms with Crippen molar-refractivity contribution in [3.63, 3.8) is 0 Å². The van der Waals surface area contributed by atoms with Gasteiger partial charge in [0, 0.05) is 22.6 Å². The lowest BCUT2D eigenvalue weighted by Crippen LogP contribution is -2.17. The quantitative estimate of drug-likeness (QED) is 0.431. The summed E-state index contributed by atoms with van der Waals surface area (Å²) in [5.41, 5.74) is 2.72. The molecule has 0 saturated carbocycles. The van der Waals surface area contributed by atoms with Gasteiger partial charge in [0.1, 0.15) is 0 Å². The van der Waals surface area contributed by atoms with E-state index < -0.39 is 10.8 Å². The molecule has 0 aliphatic rings. The normalized spacial score (nSPS) is 10.8. The van der Waals surface area contributed by atoms with Gasteiger partial charge in [0.25, 0.3) is 5.69 Å². The Balaban J connectivity index is 1.68. The fraction of sp³-hybridized carbons (Fsp3) is 0. The first kappa shape index (κ1) is 15.5. The number of hydrogen-bond donors (Lipinski definition) is 1. The minimum Gasteiger partial charge on any atom is -0.328 e. The van der Waals surface area contributed by atoms with Gasteiger partial charge in [-0.3, -0.25) is 14.9 Å². The highest BCUT2D eigenvalue weighted by Gasteiger charge is 2.16. The third kappa shape index (κ3) is 3.50. The lowest BCUT2D eigenvalue weighted by molar-refractivity contribution is -0.384. The summed E-state index contributed by atoms with van der Waals surface area (Å²) in [6, 6.07) is 9.29. The van der Waals surface area contributed by atoms with Gasteiger partial charge < -0.3 is 4.52 Å². The highest BCUT2D eigenvalue weighted by Crippen LogP contribution is 2.19. The Morgan fingerprint density at radius 1 is 1.33 bits per heavy atom. The van der Waals surface area contributed by atoms with Crippen molar-refractivity contribution in [2.75, 3.05) is 0 Å². The fourth-order valence-electron chi connectivity index (χ4n) is 1.73. The van der Waals surface area contributed by atoms with Gasteiger partial charge in [-0.1, -0.05) is 11.2 Å². The molecule has 10 heteroatoms. The van der Waals surface area contributed by atoms with E-state index in [4.69, 9.17) is 4.52 Å². The second kappa shape index (κ2) is 6.79. The Morgan fingerprint density at radius 3 is 2.79 bits per heavy atom. The number of rotatable bonds is 5. The van der Waals surface area contributed by atoms with Crippen LogP contribution in [0, 0.1) is 10.1 Å². The molecular formula is C14H9N5O4S. The zero-order valence-electron chi connectivity index (χ0n) is 11.9. The number of non-ortho nitro benzene ring substituents is 1. The summed E-state index contributed by atoms with van der Waals surface area (Å²) < 4.78 is 4.87. The number of benzene rings is 1. The molecule has 0 spiro atoms. The molecule has 0 aliphatic heterocycles. The highest BCUT2D eigenvalue weighted by molar-refractivity contribution is 7.11. The predicted molar refractivity (Wildman–Crippen MR) is 85.8 cm³/mol. The molecule has 3 rings (SSSR count). The van der Waals surface area contributed by atoms with Crippen LogP contribution < -0.4 is 5.43 Å². The van der Waals surface area contributed by atoms with E-state index >= 15 is 0 Å². The van der Waals surface area contributed by atoms with Crippen LogP contribution in [-0.4, -0.2) is 27.2 Å². The van der Waals surface area contributed by atoms with Gasteiger partial charge in [-0.05, 0) is 23.6 Å². The standard InChI is InChI=1S/C14H9N5O4S/c20-13(17-15-8-11-2-1-7-24-11)14-16-12(18-23-14)9-3-5-10(6-4-9)19(21)22/h1-8H,(H,17,20)/b15-8+.